The summed E-state index contributed by atoms with van der Waals surface area (Å²) in [7, 11) is 1.53. The van der Waals surface area contributed by atoms with Gasteiger partial charge in [0.25, 0.3) is 0 Å². The Labute approximate surface area is 153 Å². The maximum atomic E-state index is 12.0. The van der Waals surface area contributed by atoms with Crippen molar-refractivity contribution in [3.05, 3.63) is 18.2 Å². The van der Waals surface area contributed by atoms with Crippen LogP contribution in [0.3, 0.4) is 0 Å². The van der Waals surface area contributed by atoms with Crippen LogP contribution in [0.25, 0.3) is 0 Å². The van der Waals surface area contributed by atoms with Crippen molar-refractivity contribution in [2.45, 2.75) is 33.8 Å². The highest BCUT2D eigenvalue weighted by molar-refractivity contribution is 5.89. The van der Waals surface area contributed by atoms with Gasteiger partial charge in [0.15, 0.2) is 0 Å². The highest BCUT2D eigenvalue weighted by atomic mass is 16.6. The molecule has 0 aliphatic heterocycles. The third-order valence-corrected chi connectivity index (χ3v) is 3.35. The lowest BCUT2D eigenvalue weighted by atomic mass is 10.1. The van der Waals surface area contributed by atoms with Gasteiger partial charge < -0.3 is 24.8 Å². The minimum atomic E-state index is -0.494. The second kappa shape index (κ2) is 10.3. The van der Waals surface area contributed by atoms with Crippen LogP contribution in [0.2, 0.25) is 0 Å². The molecule has 2 atom stereocenters. The van der Waals surface area contributed by atoms with Crippen LogP contribution in [0.4, 0.5) is 11.4 Å². The Balaban J connectivity index is 2.59. The van der Waals surface area contributed by atoms with Crippen LogP contribution in [0.15, 0.2) is 18.2 Å². The van der Waals surface area contributed by atoms with Gasteiger partial charge in [0.05, 0.1) is 18.7 Å². The van der Waals surface area contributed by atoms with E-state index in [-0.39, 0.29) is 12.5 Å². The van der Waals surface area contributed by atoms with Crippen molar-refractivity contribution in [2.75, 3.05) is 30.9 Å². The molecule has 0 aromatic heterocycles. The van der Waals surface area contributed by atoms with Gasteiger partial charge in [0.1, 0.15) is 18.5 Å². The topological polar surface area (TPSA) is 103 Å². The molecular weight excluding hydrogens is 340 g/mol. The zero-order chi connectivity index (χ0) is 19.7. The van der Waals surface area contributed by atoms with Gasteiger partial charge in [-0.05, 0) is 25.1 Å². The van der Waals surface area contributed by atoms with Crippen LogP contribution in [0.1, 0.15) is 27.7 Å². The number of nitrogens with one attached hydrogen (secondary N) is 2. The summed E-state index contributed by atoms with van der Waals surface area (Å²) in [6.45, 7) is 6.40. The fourth-order valence-corrected chi connectivity index (χ4v) is 2.13. The predicted molar refractivity (Wildman–Crippen MR) is 97.1 cm³/mol. The molecule has 0 bridgehead atoms. The van der Waals surface area contributed by atoms with Gasteiger partial charge in [0, 0.05) is 26.1 Å². The number of rotatable bonds is 9. The molecule has 8 nitrogen and oxygen atoms in total. The molecule has 2 unspecified atom stereocenters. The molecule has 2 N–H and O–H groups in total. The van der Waals surface area contributed by atoms with Crippen molar-refractivity contribution in [3.8, 4) is 5.75 Å². The lowest BCUT2D eigenvalue weighted by molar-refractivity contribution is -0.158. The lowest BCUT2D eigenvalue weighted by Crippen LogP contribution is -2.27. The molecule has 0 saturated heterocycles. The first-order valence-corrected chi connectivity index (χ1v) is 8.26. The van der Waals surface area contributed by atoms with Crippen molar-refractivity contribution in [2.24, 2.45) is 5.92 Å². The quantitative estimate of drug-likeness (QED) is 0.646. The van der Waals surface area contributed by atoms with Crippen LogP contribution in [-0.4, -0.2) is 44.2 Å². The summed E-state index contributed by atoms with van der Waals surface area (Å²) in [6, 6.07) is 5.16. The Morgan fingerprint density at radius 3 is 2.42 bits per heavy atom. The van der Waals surface area contributed by atoms with E-state index in [1.54, 1.807) is 32.0 Å². The molecule has 1 amide bonds. The number of esters is 2. The number of ether oxygens (including phenoxy) is 3. The Hall–Kier alpha value is -2.77. The molecular formula is C18H26N2O6. The van der Waals surface area contributed by atoms with Crippen LogP contribution < -0.4 is 15.4 Å². The number of amides is 1. The average molecular weight is 366 g/mol. The SMILES string of the molecule is COc1ccc(NC(C)=O)cc1NCC(C)C(=O)OCC(C)OC(C)=O. The minimum Gasteiger partial charge on any atom is -0.495 e. The Morgan fingerprint density at radius 2 is 1.85 bits per heavy atom. The van der Waals surface area contributed by atoms with Crippen LogP contribution in [-0.2, 0) is 23.9 Å². The second-order valence-electron chi connectivity index (χ2n) is 5.93. The molecule has 0 aliphatic rings. The number of carbonyl (C=O) groups is 3. The van der Waals surface area contributed by atoms with Crippen molar-refractivity contribution < 1.29 is 28.6 Å². The second-order valence-corrected chi connectivity index (χ2v) is 5.93. The molecule has 0 radical (unpaired) electrons. The van der Waals surface area contributed by atoms with Gasteiger partial charge in [-0.25, -0.2) is 0 Å². The number of hydrogen-bond acceptors (Lipinski definition) is 7. The molecule has 0 spiro atoms. The summed E-state index contributed by atoms with van der Waals surface area (Å²) in [6.07, 6.45) is -0.494. The van der Waals surface area contributed by atoms with Crippen molar-refractivity contribution >= 4 is 29.2 Å². The van der Waals surface area contributed by atoms with E-state index in [0.717, 1.165) is 0 Å². The van der Waals surface area contributed by atoms with Gasteiger partial charge in [0.2, 0.25) is 5.91 Å². The summed E-state index contributed by atoms with van der Waals surface area (Å²) < 4.78 is 15.3. The Bertz CT molecular complexity index is 647. The third-order valence-electron chi connectivity index (χ3n) is 3.35. The molecule has 8 heteroatoms. The summed E-state index contributed by atoms with van der Waals surface area (Å²) in [5.74, 6) is -0.861. The third kappa shape index (κ3) is 7.42. The van der Waals surface area contributed by atoms with E-state index in [4.69, 9.17) is 14.2 Å². The smallest absolute Gasteiger partial charge is 0.310 e. The lowest BCUT2D eigenvalue weighted by Gasteiger charge is -2.17. The van der Waals surface area contributed by atoms with Gasteiger partial charge in [-0.2, -0.15) is 0 Å². The van der Waals surface area contributed by atoms with Crippen molar-refractivity contribution in [1.29, 1.82) is 0 Å². The summed E-state index contributed by atoms with van der Waals surface area (Å²) in [5, 5.41) is 5.80. The largest absolute Gasteiger partial charge is 0.495 e. The average Bonchev–Trinajstić information content (AvgIpc) is 2.56. The van der Waals surface area contributed by atoms with E-state index in [1.165, 1.54) is 21.0 Å². The summed E-state index contributed by atoms with van der Waals surface area (Å²) >= 11 is 0. The van der Waals surface area contributed by atoms with E-state index in [2.05, 4.69) is 10.6 Å². The maximum Gasteiger partial charge on any atom is 0.310 e. The van der Waals surface area contributed by atoms with E-state index in [1.807, 2.05) is 0 Å². The van der Waals surface area contributed by atoms with Crippen LogP contribution in [0, 0.1) is 5.92 Å². The Kier molecular flexibility index (Phi) is 8.41. The van der Waals surface area contributed by atoms with E-state index < -0.39 is 24.0 Å². The number of methoxy groups -OCH3 is 1. The van der Waals surface area contributed by atoms with Crippen molar-refractivity contribution in [1.82, 2.24) is 0 Å². The first-order chi connectivity index (χ1) is 12.2. The number of hydrogen-bond donors (Lipinski definition) is 2. The standard InChI is InChI=1S/C18H26N2O6/c1-11(18(23)25-10-12(2)26-14(4)22)9-19-16-8-15(20-13(3)21)6-7-17(16)24-5/h6-8,11-12,19H,9-10H2,1-5H3,(H,20,21). The molecule has 0 fully saturated rings. The molecule has 1 rings (SSSR count). The number of carbonyl (C=O) groups excluding carboxylic acids is 3. The molecule has 144 valence electrons. The Morgan fingerprint density at radius 1 is 1.15 bits per heavy atom. The molecule has 0 saturated carbocycles. The van der Waals surface area contributed by atoms with E-state index in [0.29, 0.717) is 23.7 Å². The molecule has 1 aromatic rings. The number of anilines is 2. The monoisotopic (exact) mass is 366 g/mol. The predicted octanol–water partition coefficient (Wildman–Crippen LogP) is 2.20. The van der Waals surface area contributed by atoms with Crippen LogP contribution in [0.5, 0.6) is 5.75 Å². The molecule has 1 aromatic carbocycles. The highest BCUT2D eigenvalue weighted by Gasteiger charge is 2.17. The number of benzene rings is 1. The van der Waals surface area contributed by atoms with Crippen molar-refractivity contribution in [3.63, 3.8) is 0 Å². The fraction of sp³-hybridized carbons (Fsp3) is 0.500. The first kappa shape index (κ1) is 21.3. The van der Waals surface area contributed by atoms with Gasteiger partial charge >= 0.3 is 11.9 Å². The van der Waals surface area contributed by atoms with Crippen LogP contribution >= 0.6 is 0 Å². The fourth-order valence-electron chi connectivity index (χ4n) is 2.13. The summed E-state index contributed by atoms with van der Waals surface area (Å²) in [5.41, 5.74) is 1.26. The zero-order valence-corrected chi connectivity index (χ0v) is 15.8. The molecule has 0 heterocycles. The van der Waals surface area contributed by atoms with E-state index >= 15 is 0 Å². The normalized spacial score (nSPS) is 12.5. The maximum absolute atomic E-state index is 12.0. The summed E-state index contributed by atoms with van der Waals surface area (Å²) in [4.78, 5) is 34.0. The van der Waals surface area contributed by atoms with Gasteiger partial charge in [-0.3, -0.25) is 14.4 Å². The molecule has 26 heavy (non-hydrogen) atoms. The first-order valence-electron chi connectivity index (χ1n) is 8.26. The molecule has 0 aliphatic carbocycles. The minimum absolute atomic E-state index is 0.00406. The van der Waals surface area contributed by atoms with E-state index in [9.17, 15) is 14.4 Å². The van der Waals surface area contributed by atoms with Gasteiger partial charge in [-0.1, -0.05) is 6.92 Å². The zero-order valence-electron chi connectivity index (χ0n) is 15.8. The van der Waals surface area contributed by atoms with Gasteiger partial charge in [-0.15, -0.1) is 0 Å². The highest BCUT2D eigenvalue weighted by Crippen LogP contribution is 2.28.